The highest BCUT2D eigenvalue weighted by atomic mass is 35.5. The van der Waals surface area contributed by atoms with E-state index in [1.54, 1.807) is 29.5 Å². The summed E-state index contributed by atoms with van der Waals surface area (Å²) in [6, 6.07) is 28.8. The molecular weight excluding hydrogens is 1020 g/mol. The van der Waals surface area contributed by atoms with Crippen LogP contribution in [0.3, 0.4) is 0 Å². The highest BCUT2D eigenvalue weighted by molar-refractivity contribution is 7.10. The number of ether oxygens (including phenoxy) is 6. The molecule has 0 bridgehead atoms. The zero-order valence-corrected chi connectivity index (χ0v) is 45.5. The Kier molecular flexibility index (Phi) is 22.8. The molecule has 77 heavy (non-hydrogen) atoms. The maximum absolute atomic E-state index is 13.5. The molecule has 17 nitrogen and oxygen atoms in total. The molecule has 7 rings (SSSR count). The predicted molar refractivity (Wildman–Crippen MR) is 297 cm³/mol. The number of hydrogen-bond donors (Lipinski definition) is 3. The molecule has 4 aromatic carbocycles. The van der Waals surface area contributed by atoms with E-state index in [-0.39, 0.29) is 53.9 Å². The van der Waals surface area contributed by atoms with E-state index < -0.39 is 0 Å². The lowest BCUT2D eigenvalue weighted by molar-refractivity contribution is -0.129. The number of aromatic nitrogens is 1. The molecule has 5 aromatic rings. The number of anilines is 2. The fourth-order valence-electron chi connectivity index (χ4n) is 9.34. The molecule has 0 saturated heterocycles. The van der Waals surface area contributed by atoms with Crippen molar-refractivity contribution >= 4 is 64.0 Å². The van der Waals surface area contributed by atoms with Gasteiger partial charge in [-0.15, -0.1) is 11.3 Å². The molecule has 4 amide bonds. The summed E-state index contributed by atoms with van der Waals surface area (Å²) in [4.78, 5) is 59.3. The van der Waals surface area contributed by atoms with Crippen molar-refractivity contribution in [2.75, 3.05) is 103 Å². The third kappa shape index (κ3) is 17.2. The van der Waals surface area contributed by atoms with Gasteiger partial charge in [-0.05, 0) is 121 Å². The molecule has 0 saturated carbocycles. The first-order valence-electron chi connectivity index (χ1n) is 26.1. The maximum atomic E-state index is 13.5. The van der Waals surface area contributed by atoms with Gasteiger partial charge in [0.25, 0.3) is 17.7 Å². The van der Waals surface area contributed by atoms with Crippen molar-refractivity contribution in [3.05, 3.63) is 134 Å². The highest BCUT2D eigenvalue weighted by Crippen LogP contribution is 2.42. The summed E-state index contributed by atoms with van der Waals surface area (Å²) < 4.78 is 33.7. The van der Waals surface area contributed by atoms with Crippen LogP contribution in [0.2, 0.25) is 5.02 Å². The summed E-state index contributed by atoms with van der Waals surface area (Å²) >= 11 is 7.50. The number of carbonyl (C=O) groups excluding carboxylic acids is 4. The molecule has 1 unspecified atom stereocenters. The number of nitrogens with one attached hydrogen (secondary N) is 3. The zero-order chi connectivity index (χ0) is 54.4. The number of benzene rings is 4. The number of rotatable bonds is 29. The van der Waals surface area contributed by atoms with Crippen LogP contribution in [0.4, 0.5) is 11.4 Å². The summed E-state index contributed by atoms with van der Waals surface area (Å²) in [6.07, 6.45) is 6.15. The minimum absolute atomic E-state index is 0.00204. The average molecular weight is 1090 g/mol. The van der Waals surface area contributed by atoms with Crippen molar-refractivity contribution in [3.63, 3.8) is 0 Å². The van der Waals surface area contributed by atoms with Gasteiger partial charge in [0, 0.05) is 66.1 Å². The van der Waals surface area contributed by atoms with E-state index in [0.29, 0.717) is 113 Å². The molecule has 3 heterocycles. The number of hydrogen-bond acceptors (Lipinski definition) is 14. The molecular formula is C58H68ClN7O10S. The normalized spacial score (nSPS) is 16.0. The van der Waals surface area contributed by atoms with Crippen LogP contribution in [0.25, 0.3) is 17.2 Å². The van der Waals surface area contributed by atoms with E-state index >= 15 is 0 Å². The van der Waals surface area contributed by atoms with Crippen molar-refractivity contribution in [2.24, 2.45) is 0 Å². The Hall–Kier alpha value is -6.69. The largest absolute Gasteiger partial charge is 0.484 e. The second kappa shape index (κ2) is 30.3. The number of nitrogens with zero attached hydrogens (tertiary/aromatic N) is 4. The van der Waals surface area contributed by atoms with E-state index in [1.807, 2.05) is 83.8 Å². The van der Waals surface area contributed by atoms with Gasteiger partial charge in [-0.3, -0.25) is 19.2 Å². The first-order chi connectivity index (χ1) is 37.5. The van der Waals surface area contributed by atoms with Gasteiger partial charge < -0.3 is 54.2 Å². The molecule has 3 atom stereocenters. The number of fused-ring (bicyclic) bond motifs is 2. The number of carbonyl (C=O) groups is 4. The van der Waals surface area contributed by atoms with Gasteiger partial charge in [-0.2, -0.15) is 5.26 Å². The minimum atomic E-state index is -0.299. The Bertz CT molecular complexity index is 2790. The van der Waals surface area contributed by atoms with Crippen LogP contribution in [0.5, 0.6) is 5.75 Å². The molecule has 2 aliphatic heterocycles. The number of halogens is 1. The lowest BCUT2D eigenvalue weighted by atomic mass is 9.88. The Morgan fingerprint density at radius 1 is 0.805 bits per heavy atom. The van der Waals surface area contributed by atoms with Crippen LogP contribution in [0, 0.1) is 11.3 Å². The molecule has 2 aliphatic rings. The molecule has 0 radical (unpaired) electrons. The van der Waals surface area contributed by atoms with E-state index in [4.69, 9.17) is 40.0 Å². The number of amides is 4. The smallest absolute Gasteiger partial charge is 0.265 e. The summed E-state index contributed by atoms with van der Waals surface area (Å²) in [5.74, 6) is -0.181. The van der Waals surface area contributed by atoms with Crippen LogP contribution in [-0.2, 0) is 44.5 Å². The molecule has 0 fully saturated rings. The van der Waals surface area contributed by atoms with Crippen LogP contribution in [-0.4, -0.2) is 132 Å². The van der Waals surface area contributed by atoms with Crippen molar-refractivity contribution in [1.82, 2.24) is 20.5 Å². The van der Waals surface area contributed by atoms with E-state index in [2.05, 4.69) is 46.9 Å². The Balaban J connectivity index is 0.673. The predicted octanol–water partition coefficient (Wildman–Crippen LogP) is 8.60. The molecule has 408 valence electrons. The van der Waals surface area contributed by atoms with Crippen LogP contribution < -0.4 is 25.6 Å². The third-order valence-electron chi connectivity index (χ3n) is 13.0. The first kappa shape index (κ1) is 58.0. The lowest BCUT2D eigenvalue weighted by Crippen LogP contribution is -2.43. The van der Waals surface area contributed by atoms with Gasteiger partial charge >= 0.3 is 0 Å². The summed E-state index contributed by atoms with van der Waals surface area (Å²) in [5.41, 5.74) is 7.50. The van der Waals surface area contributed by atoms with Gasteiger partial charge in [-0.25, -0.2) is 4.98 Å². The monoisotopic (exact) mass is 1090 g/mol. The number of nitriles is 1. The van der Waals surface area contributed by atoms with Gasteiger partial charge in [0.2, 0.25) is 5.91 Å². The van der Waals surface area contributed by atoms with Gasteiger partial charge in [0.05, 0.1) is 78.2 Å². The Morgan fingerprint density at radius 3 is 2.08 bits per heavy atom. The van der Waals surface area contributed by atoms with E-state index in [9.17, 15) is 24.4 Å². The Morgan fingerprint density at radius 2 is 1.45 bits per heavy atom. The quantitative estimate of drug-likeness (QED) is 0.0234. The van der Waals surface area contributed by atoms with Crippen LogP contribution in [0.15, 0.2) is 102 Å². The third-order valence-corrected chi connectivity index (χ3v) is 14.0. The second-order valence-corrected chi connectivity index (χ2v) is 19.8. The average Bonchev–Trinajstić information content (AvgIpc) is 3.97. The summed E-state index contributed by atoms with van der Waals surface area (Å²) in [6.45, 7) is 10.6. The zero-order valence-electron chi connectivity index (χ0n) is 43.9. The fourth-order valence-corrected chi connectivity index (χ4v) is 10.0. The van der Waals surface area contributed by atoms with Crippen molar-refractivity contribution in [1.29, 1.82) is 5.26 Å². The van der Waals surface area contributed by atoms with Crippen molar-refractivity contribution < 1.29 is 47.6 Å². The fraction of sp³-hybridized carbons (Fsp3) is 0.414. The Labute approximate surface area is 459 Å². The minimum Gasteiger partial charge on any atom is -0.484 e. The highest BCUT2D eigenvalue weighted by Gasteiger charge is 2.34. The summed E-state index contributed by atoms with van der Waals surface area (Å²) in [7, 11) is 0. The molecule has 1 aromatic heterocycles. The van der Waals surface area contributed by atoms with Gasteiger partial charge in [0.1, 0.15) is 22.4 Å². The van der Waals surface area contributed by atoms with E-state index in [1.165, 1.54) is 11.3 Å². The van der Waals surface area contributed by atoms with Gasteiger partial charge in [-0.1, -0.05) is 49.2 Å². The summed E-state index contributed by atoms with van der Waals surface area (Å²) in [5, 5.41) is 22.2. The van der Waals surface area contributed by atoms with Crippen molar-refractivity contribution in [3.8, 4) is 22.9 Å². The van der Waals surface area contributed by atoms with Crippen LogP contribution >= 0.6 is 22.9 Å². The second-order valence-electron chi connectivity index (χ2n) is 18.4. The maximum Gasteiger partial charge on any atom is 0.265 e. The SMILES string of the molecule is CCCC1c2ccc(OCC(=O)NCCOCCOCCOCCOCCOCCNC(=O)c3ccc(-c4ccc5c(c4)[C@H](Nc4ccc(Cl)cc4)C[C@H](C)N5C(C)=O)cc3)cc2CCN1C(=O)/C(C#N)=C/c1nccs1. The molecule has 19 heteroatoms. The van der Waals surface area contributed by atoms with Crippen LogP contribution in [0.1, 0.15) is 84.2 Å². The van der Waals surface area contributed by atoms with Gasteiger partial charge in [0.15, 0.2) is 6.61 Å². The van der Waals surface area contributed by atoms with E-state index in [0.717, 1.165) is 58.5 Å². The molecule has 0 spiro atoms. The number of thiazole rings is 1. The topological polar surface area (TPSA) is 203 Å². The lowest BCUT2D eigenvalue weighted by Gasteiger charge is -2.39. The standard InChI is InChI=1S/C58H68ClN7O10S/c1-4-5-53-50-16-15-49(35-45(50)18-22-65(53)58(70)46(38-60)37-56-62-21-33-77-56)76-39-55(68)61-19-23-71-25-27-73-29-31-75-32-30-74-28-26-72-24-20-63-57(69)43-8-6-42(7-9-43)44-10-17-54-51(36-44)52(34-40(2)66(54)41(3)67)64-48-13-11-47(59)12-14-48/h6-17,21,33,35-37,40,52-53,64H,4-5,18-20,22-32,34,39H2,1-3H3,(H,61,68)(H,63,69)/b46-37+/t40-,52+,53?/m0/s1. The first-order valence-corrected chi connectivity index (χ1v) is 27.4. The molecule has 3 N–H and O–H groups in total. The molecule has 0 aliphatic carbocycles. The van der Waals surface area contributed by atoms with Crippen molar-refractivity contribution in [2.45, 2.75) is 64.6 Å².